The molecule has 0 spiro atoms. The molecule has 14 aromatic rings. The van der Waals surface area contributed by atoms with Crippen molar-refractivity contribution in [2.24, 2.45) is 0 Å². The minimum Gasteiger partial charge on any atom is -0.458 e. The summed E-state index contributed by atoms with van der Waals surface area (Å²) in [5.41, 5.74) is 25.8. The van der Waals surface area contributed by atoms with Gasteiger partial charge in [-0.2, -0.15) is 0 Å². The van der Waals surface area contributed by atoms with E-state index in [2.05, 4.69) is 357 Å². The van der Waals surface area contributed by atoms with Crippen molar-refractivity contribution in [1.82, 2.24) is 0 Å². The van der Waals surface area contributed by atoms with Crippen LogP contribution in [0.2, 0.25) is 0 Å². The Hall–Kier alpha value is -12.4. The molecule has 94 heavy (non-hydrogen) atoms. The molecule has 8 nitrogen and oxygen atoms in total. The van der Waals surface area contributed by atoms with Gasteiger partial charge in [-0.1, -0.05) is 182 Å². The lowest BCUT2D eigenvalue weighted by Gasteiger charge is -2.46. The SMILES string of the molecule is c1ccc(N(c2ccccc2)c2cc3c4c(c2)N(c2ccccc2)c2cc(N5c6ccccc6Oc6ccccc65)ccc2B4c2cc4c(cc2O3)N(c2ccccc2)c2cc(N(c3ccccc3)c3ccccc3)cc3c2B4c2ccccc2N3c2ccccc2)cc1. The topological polar surface area (TPSA) is 37.9 Å². The summed E-state index contributed by atoms with van der Waals surface area (Å²) in [4.78, 5) is 14.6. The van der Waals surface area contributed by atoms with Crippen LogP contribution < -0.4 is 71.7 Å². The first-order valence-corrected chi connectivity index (χ1v) is 32.1. The van der Waals surface area contributed by atoms with E-state index in [-0.39, 0.29) is 13.4 Å². The number of anilines is 18. The van der Waals surface area contributed by atoms with Gasteiger partial charge in [-0.15, -0.1) is 0 Å². The number of benzene rings is 14. The van der Waals surface area contributed by atoms with Gasteiger partial charge in [-0.3, -0.25) is 0 Å². The van der Waals surface area contributed by atoms with E-state index >= 15 is 0 Å². The van der Waals surface area contributed by atoms with Crippen LogP contribution in [0.4, 0.5) is 102 Å². The number of hydrogen-bond donors (Lipinski definition) is 0. The van der Waals surface area contributed by atoms with Crippen molar-refractivity contribution in [1.29, 1.82) is 0 Å². The average molecular weight is 1200 g/mol. The quantitative estimate of drug-likeness (QED) is 0.125. The van der Waals surface area contributed by atoms with Gasteiger partial charge in [0.1, 0.15) is 11.5 Å². The van der Waals surface area contributed by atoms with Gasteiger partial charge >= 0.3 is 0 Å². The van der Waals surface area contributed by atoms with Gasteiger partial charge in [0.15, 0.2) is 11.5 Å². The zero-order chi connectivity index (χ0) is 61.8. The zero-order valence-corrected chi connectivity index (χ0v) is 51.0. The van der Waals surface area contributed by atoms with Gasteiger partial charge in [0.25, 0.3) is 13.4 Å². The molecular weight excluding hydrogens is 1150 g/mol. The smallest absolute Gasteiger partial charge is 0.256 e. The van der Waals surface area contributed by atoms with E-state index in [4.69, 9.17) is 9.47 Å². The Morgan fingerprint density at radius 1 is 0.202 bits per heavy atom. The summed E-state index contributed by atoms with van der Waals surface area (Å²) in [5, 5.41) is 0. The molecule has 19 rings (SSSR count). The summed E-state index contributed by atoms with van der Waals surface area (Å²) in [6.45, 7) is -0.472. The third kappa shape index (κ3) is 8.43. The first-order valence-electron chi connectivity index (χ1n) is 32.1. The summed E-state index contributed by atoms with van der Waals surface area (Å²) >= 11 is 0. The van der Waals surface area contributed by atoms with Crippen molar-refractivity contribution in [3.8, 4) is 23.0 Å². The predicted molar refractivity (Wildman–Crippen MR) is 390 cm³/mol. The standard InChI is InChI=1S/C84H56B2N6O2/c1-8-28-57(29-9-1)87(58-30-10-2-11-31-58)65-51-76-83-77(52-65)91(63-40-20-7-21-41-63)75-56-81-70(55-69(75)85(83)67-42-22-23-43-71(67)89(76)61-36-16-5-17-37-61)86-68-49-48-64(92-72-44-24-26-46-79(72)93-80-47-27-25-45-73(80)92)50-74(68)90(62-38-18-6-19-39-62)78-53-66(54-82(94-81)84(78)86)88(59-32-12-3-13-33-59)60-34-14-4-15-35-60/h1-56H. The van der Waals surface area contributed by atoms with Crippen LogP contribution in [0, 0.1) is 0 Å². The molecule has 440 valence electrons. The second-order valence-corrected chi connectivity index (χ2v) is 24.4. The van der Waals surface area contributed by atoms with E-state index in [9.17, 15) is 0 Å². The molecule has 0 radical (unpaired) electrons. The molecule has 0 saturated carbocycles. The lowest BCUT2D eigenvalue weighted by molar-refractivity contribution is 0.477. The Balaban J connectivity index is 0.898. The van der Waals surface area contributed by atoms with Crippen LogP contribution in [0.3, 0.4) is 0 Å². The first-order chi connectivity index (χ1) is 46.7. The molecule has 5 aliphatic heterocycles. The molecule has 0 N–H and O–H groups in total. The van der Waals surface area contributed by atoms with Crippen LogP contribution in [-0.4, -0.2) is 13.4 Å². The largest absolute Gasteiger partial charge is 0.458 e. The predicted octanol–water partition coefficient (Wildman–Crippen LogP) is 18.7. The molecule has 10 heteroatoms. The van der Waals surface area contributed by atoms with Gasteiger partial charge in [-0.05, 0) is 178 Å². The van der Waals surface area contributed by atoms with Crippen LogP contribution in [0.15, 0.2) is 340 Å². The number of para-hydroxylation sites is 12. The first kappa shape index (κ1) is 53.4. The number of fused-ring (bicyclic) bond motifs is 10. The highest BCUT2D eigenvalue weighted by Crippen LogP contribution is 2.54. The molecule has 0 aliphatic carbocycles. The second kappa shape index (κ2) is 21.7. The molecule has 0 bridgehead atoms. The van der Waals surface area contributed by atoms with Gasteiger partial charge in [0.05, 0.1) is 22.7 Å². The van der Waals surface area contributed by atoms with E-state index in [0.29, 0.717) is 0 Å². The van der Waals surface area contributed by atoms with E-state index < -0.39 is 0 Å². The Bertz CT molecular complexity index is 5140. The van der Waals surface area contributed by atoms with Gasteiger partial charge in [0, 0.05) is 91.8 Å². The van der Waals surface area contributed by atoms with Crippen molar-refractivity contribution in [3.05, 3.63) is 340 Å². The lowest BCUT2D eigenvalue weighted by atomic mass is 9.30. The van der Waals surface area contributed by atoms with E-state index in [1.807, 2.05) is 12.1 Å². The summed E-state index contributed by atoms with van der Waals surface area (Å²) < 4.78 is 14.5. The molecule has 0 atom stereocenters. The molecule has 0 aromatic heterocycles. The Morgan fingerprint density at radius 3 is 1.06 bits per heavy atom. The van der Waals surface area contributed by atoms with Crippen LogP contribution in [-0.2, 0) is 0 Å². The summed E-state index contributed by atoms with van der Waals surface area (Å²) in [5.74, 6) is 3.20. The normalized spacial score (nSPS) is 13.1. The van der Waals surface area contributed by atoms with Crippen molar-refractivity contribution >= 4 is 149 Å². The zero-order valence-electron chi connectivity index (χ0n) is 51.0. The number of nitrogens with zero attached hydrogens (tertiary/aromatic N) is 6. The molecule has 14 aromatic carbocycles. The van der Waals surface area contributed by atoms with Crippen LogP contribution in [0.5, 0.6) is 23.0 Å². The second-order valence-electron chi connectivity index (χ2n) is 24.4. The van der Waals surface area contributed by atoms with E-state index in [0.717, 1.165) is 136 Å². The highest BCUT2D eigenvalue weighted by Gasteiger charge is 2.48. The van der Waals surface area contributed by atoms with Gasteiger partial charge in [0.2, 0.25) is 0 Å². The highest BCUT2D eigenvalue weighted by atomic mass is 16.5. The summed E-state index contributed by atoms with van der Waals surface area (Å²) in [6, 6.07) is 123. The van der Waals surface area contributed by atoms with Crippen molar-refractivity contribution in [2.45, 2.75) is 0 Å². The molecular formula is C84H56B2N6O2. The molecule has 0 fully saturated rings. The van der Waals surface area contributed by atoms with Crippen LogP contribution >= 0.6 is 0 Å². The minimum absolute atomic E-state index is 0.196. The Kier molecular flexibility index (Phi) is 12.3. The number of rotatable bonds is 10. The molecule has 0 saturated heterocycles. The minimum atomic E-state index is -0.276. The fraction of sp³-hybridized carbons (Fsp3) is 0. The van der Waals surface area contributed by atoms with Gasteiger partial charge < -0.3 is 38.9 Å². The number of hydrogen-bond acceptors (Lipinski definition) is 8. The molecule has 5 aliphatic rings. The lowest BCUT2D eigenvalue weighted by Crippen LogP contribution is -2.64. The highest BCUT2D eigenvalue weighted by molar-refractivity contribution is 7.02. The third-order valence-corrected chi connectivity index (χ3v) is 19.1. The summed E-state index contributed by atoms with van der Waals surface area (Å²) in [7, 11) is 0. The third-order valence-electron chi connectivity index (χ3n) is 19.1. The number of ether oxygens (including phenoxy) is 2. The maximum Gasteiger partial charge on any atom is 0.256 e. The molecule has 5 heterocycles. The van der Waals surface area contributed by atoms with Gasteiger partial charge in [-0.25, -0.2) is 0 Å². The maximum absolute atomic E-state index is 7.83. The van der Waals surface area contributed by atoms with Crippen molar-refractivity contribution < 1.29 is 9.47 Å². The fourth-order valence-electron chi connectivity index (χ4n) is 15.3. The van der Waals surface area contributed by atoms with E-state index in [1.54, 1.807) is 0 Å². The van der Waals surface area contributed by atoms with Crippen LogP contribution in [0.1, 0.15) is 0 Å². The van der Waals surface area contributed by atoms with Crippen molar-refractivity contribution in [2.75, 3.05) is 29.4 Å². The van der Waals surface area contributed by atoms with Crippen LogP contribution in [0.25, 0.3) is 0 Å². The summed E-state index contributed by atoms with van der Waals surface area (Å²) in [6.07, 6.45) is 0. The average Bonchev–Trinajstić information content (AvgIpc) is 0.693. The maximum atomic E-state index is 7.83. The molecule has 0 unspecified atom stereocenters. The Labute approximate surface area is 547 Å². The van der Waals surface area contributed by atoms with E-state index in [1.165, 1.54) is 21.9 Å². The monoisotopic (exact) mass is 1200 g/mol. The molecule has 0 amide bonds. The Morgan fingerprint density at radius 2 is 0.564 bits per heavy atom. The fourth-order valence-corrected chi connectivity index (χ4v) is 15.3. The van der Waals surface area contributed by atoms with Crippen molar-refractivity contribution in [3.63, 3.8) is 0 Å².